The Labute approximate surface area is 158 Å². The summed E-state index contributed by atoms with van der Waals surface area (Å²) in [6, 6.07) is 10.2. The number of hydrogen-bond donors (Lipinski definition) is 1. The topological polar surface area (TPSA) is 77.8 Å². The third-order valence-electron chi connectivity index (χ3n) is 3.64. The molecule has 0 aliphatic carbocycles. The first-order valence-corrected chi connectivity index (χ1v) is 8.42. The van der Waals surface area contributed by atoms with E-state index in [2.05, 4.69) is 5.32 Å². The van der Waals surface area contributed by atoms with E-state index in [-0.39, 0.29) is 23.8 Å². The molecule has 0 saturated carbocycles. The fourth-order valence-corrected chi connectivity index (χ4v) is 2.61. The van der Waals surface area contributed by atoms with Crippen LogP contribution < -0.4 is 15.7 Å². The van der Waals surface area contributed by atoms with Crippen LogP contribution >= 0.6 is 11.6 Å². The number of hydrogen-bond acceptors (Lipinski definition) is 5. The van der Waals surface area contributed by atoms with Crippen LogP contribution in [0.3, 0.4) is 0 Å². The minimum absolute atomic E-state index is 0.0503. The van der Waals surface area contributed by atoms with Crippen LogP contribution in [0.25, 0.3) is 11.0 Å². The molecule has 3 rings (SSSR count). The van der Waals surface area contributed by atoms with E-state index in [0.717, 1.165) is 0 Å². The van der Waals surface area contributed by atoms with Gasteiger partial charge in [0.05, 0.1) is 11.6 Å². The molecule has 27 heavy (non-hydrogen) atoms. The van der Waals surface area contributed by atoms with Gasteiger partial charge in [-0.15, -0.1) is 0 Å². The number of benzene rings is 2. The molecular weight excluding hydrogens is 377 g/mol. The van der Waals surface area contributed by atoms with Crippen LogP contribution in [0.15, 0.2) is 51.7 Å². The van der Waals surface area contributed by atoms with Crippen molar-refractivity contribution in [3.63, 3.8) is 0 Å². The summed E-state index contributed by atoms with van der Waals surface area (Å²) in [5.41, 5.74) is 0.718. The number of anilines is 1. The lowest BCUT2D eigenvalue weighted by atomic mass is 10.1. The highest BCUT2D eigenvalue weighted by molar-refractivity contribution is 6.30. The Hall–Kier alpha value is -3.06. The highest BCUT2D eigenvalue weighted by atomic mass is 35.5. The number of carbonyl (C=O) groups is 1. The van der Waals surface area contributed by atoms with Gasteiger partial charge in [-0.1, -0.05) is 11.6 Å². The fourth-order valence-electron chi connectivity index (χ4n) is 2.44. The number of ether oxygens (including phenoxy) is 2. The highest BCUT2D eigenvalue weighted by Crippen LogP contribution is 2.25. The Morgan fingerprint density at radius 3 is 2.78 bits per heavy atom. The summed E-state index contributed by atoms with van der Waals surface area (Å²) in [6.07, 6.45) is -0.605. The molecule has 1 amide bonds. The van der Waals surface area contributed by atoms with Gasteiger partial charge in [-0.05, 0) is 31.2 Å². The van der Waals surface area contributed by atoms with E-state index >= 15 is 0 Å². The summed E-state index contributed by atoms with van der Waals surface area (Å²) >= 11 is 5.73. The van der Waals surface area contributed by atoms with Crippen molar-refractivity contribution in [1.29, 1.82) is 0 Å². The highest BCUT2D eigenvalue weighted by Gasteiger charge is 2.10. The zero-order valence-corrected chi connectivity index (χ0v) is 15.0. The van der Waals surface area contributed by atoms with Gasteiger partial charge in [0.1, 0.15) is 23.8 Å². The minimum atomic E-state index is -0.605. The van der Waals surface area contributed by atoms with Crippen molar-refractivity contribution in [2.45, 2.75) is 13.5 Å². The number of amides is 1. The van der Waals surface area contributed by atoms with Gasteiger partial charge in [-0.25, -0.2) is 14.0 Å². The summed E-state index contributed by atoms with van der Waals surface area (Å²) in [4.78, 5) is 23.4. The molecule has 0 spiro atoms. The average Bonchev–Trinajstić information content (AvgIpc) is 2.62. The Balaban J connectivity index is 1.85. The van der Waals surface area contributed by atoms with Crippen molar-refractivity contribution in [2.24, 2.45) is 0 Å². The molecule has 8 heteroatoms. The maximum Gasteiger partial charge on any atom is 0.411 e. The molecule has 0 atom stereocenters. The summed E-state index contributed by atoms with van der Waals surface area (Å²) in [7, 11) is 0. The van der Waals surface area contributed by atoms with E-state index < -0.39 is 17.5 Å². The van der Waals surface area contributed by atoms with Gasteiger partial charge in [0, 0.05) is 34.8 Å². The van der Waals surface area contributed by atoms with Gasteiger partial charge in [0.15, 0.2) is 0 Å². The van der Waals surface area contributed by atoms with Crippen LogP contribution in [0.5, 0.6) is 5.75 Å². The molecule has 0 aliphatic rings. The van der Waals surface area contributed by atoms with Gasteiger partial charge in [-0.2, -0.15) is 0 Å². The van der Waals surface area contributed by atoms with E-state index in [0.29, 0.717) is 22.4 Å². The van der Waals surface area contributed by atoms with E-state index in [1.807, 2.05) is 0 Å². The quantitative estimate of drug-likeness (QED) is 0.636. The molecule has 3 aromatic rings. The van der Waals surface area contributed by atoms with Gasteiger partial charge >= 0.3 is 11.7 Å². The summed E-state index contributed by atoms with van der Waals surface area (Å²) in [6.45, 7) is 1.98. The van der Waals surface area contributed by atoms with Crippen LogP contribution in [-0.4, -0.2) is 12.7 Å². The van der Waals surface area contributed by atoms with Crippen LogP contribution in [0.4, 0.5) is 14.9 Å². The lowest BCUT2D eigenvalue weighted by Gasteiger charge is -2.10. The molecule has 0 aliphatic heterocycles. The number of rotatable bonds is 5. The molecule has 0 fully saturated rings. The van der Waals surface area contributed by atoms with Gasteiger partial charge < -0.3 is 13.9 Å². The second-order valence-corrected chi connectivity index (χ2v) is 5.92. The number of halogens is 2. The first-order valence-electron chi connectivity index (χ1n) is 8.04. The molecule has 1 heterocycles. The largest absolute Gasteiger partial charge is 0.489 e. The number of fused-ring (bicyclic) bond motifs is 1. The number of nitrogens with one attached hydrogen (secondary N) is 1. The normalized spacial score (nSPS) is 10.6. The van der Waals surface area contributed by atoms with Gasteiger partial charge in [0.25, 0.3) is 0 Å². The first-order chi connectivity index (χ1) is 13.0. The molecule has 0 saturated heterocycles. The smallest absolute Gasteiger partial charge is 0.411 e. The predicted molar refractivity (Wildman–Crippen MR) is 98.9 cm³/mol. The third-order valence-corrected chi connectivity index (χ3v) is 3.93. The molecule has 2 aromatic carbocycles. The van der Waals surface area contributed by atoms with E-state index in [1.165, 1.54) is 30.3 Å². The van der Waals surface area contributed by atoms with Crippen LogP contribution in [0, 0.1) is 5.82 Å². The molecule has 0 unspecified atom stereocenters. The summed E-state index contributed by atoms with van der Waals surface area (Å²) in [5.74, 6) is -0.181. The average molecular weight is 392 g/mol. The van der Waals surface area contributed by atoms with Crippen molar-refractivity contribution in [2.75, 3.05) is 11.9 Å². The van der Waals surface area contributed by atoms with Crippen LogP contribution in [0.2, 0.25) is 5.02 Å². The van der Waals surface area contributed by atoms with E-state index in [4.69, 9.17) is 25.5 Å². The van der Waals surface area contributed by atoms with Gasteiger partial charge in [0.2, 0.25) is 0 Å². The Morgan fingerprint density at radius 2 is 2.04 bits per heavy atom. The summed E-state index contributed by atoms with van der Waals surface area (Å²) in [5, 5.41) is 3.12. The second kappa shape index (κ2) is 8.09. The maximum absolute atomic E-state index is 13.2. The zero-order chi connectivity index (χ0) is 19.4. The monoisotopic (exact) mass is 391 g/mol. The van der Waals surface area contributed by atoms with Gasteiger partial charge in [-0.3, -0.25) is 5.32 Å². The molecule has 0 radical (unpaired) electrons. The third kappa shape index (κ3) is 4.57. The molecular formula is C19H15ClFNO5. The summed E-state index contributed by atoms with van der Waals surface area (Å²) < 4.78 is 28.8. The van der Waals surface area contributed by atoms with Crippen molar-refractivity contribution in [1.82, 2.24) is 0 Å². The first kappa shape index (κ1) is 18.7. The lowest BCUT2D eigenvalue weighted by molar-refractivity contribution is 0.168. The van der Waals surface area contributed by atoms with Crippen molar-refractivity contribution in [3.05, 3.63) is 69.3 Å². The lowest BCUT2D eigenvalue weighted by Crippen LogP contribution is -2.13. The Bertz CT molecular complexity index is 1050. The standard InChI is InChI=1S/C19H15ClFNO5/c1-2-25-19(24)22-12-3-5-14-11(7-18(23)27-17(14)8-12)10-26-13-4-6-16(21)15(20)9-13/h3-9H,2,10H2,1H3,(H,22,24). The Morgan fingerprint density at radius 1 is 1.22 bits per heavy atom. The molecule has 6 nitrogen and oxygen atoms in total. The van der Waals surface area contributed by atoms with Crippen molar-refractivity contribution >= 4 is 34.4 Å². The minimum Gasteiger partial charge on any atom is -0.489 e. The predicted octanol–water partition coefficient (Wildman–Crippen LogP) is 4.73. The van der Waals surface area contributed by atoms with Crippen molar-refractivity contribution < 1.29 is 23.1 Å². The molecule has 140 valence electrons. The van der Waals surface area contributed by atoms with E-state index in [9.17, 15) is 14.0 Å². The van der Waals surface area contributed by atoms with Crippen molar-refractivity contribution in [3.8, 4) is 5.75 Å². The fraction of sp³-hybridized carbons (Fsp3) is 0.158. The van der Waals surface area contributed by atoms with Crippen LogP contribution in [0.1, 0.15) is 12.5 Å². The molecule has 1 aromatic heterocycles. The van der Waals surface area contributed by atoms with Crippen LogP contribution in [-0.2, 0) is 11.3 Å². The number of carbonyl (C=O) groups excluding carboxylic acids is 1. The zero-order valence-electron chi connectivity index (χ0n) is 14.3. The maximum atomic E-state index is 13.2. The van der Waals surface area contributed by atoms with E-state index in [1.54, 1.807) is 19.1 Å². The second-order valence-electron chi connectivity index (χ2n) is 5.51. The SMILES string of the molecule is CCOC(=O)Nc1ccc2c(COc3ccc(F)c(Cl)c3)cc(=O)oc2c1. The molecule has 0 bridgehead atoms. The Kier molecular flexibility index (Phi) is 5.61. The molecule has 1 N–H and O–H groups in total.